The topological polar surface area (TPSA) is 104 Å². The van der Waals surface area contributed by atoms with E-state index in [0.29, 0.717) is 18.1 Å². The summed E-state index contributed by atoms with van der Waals surface area (Å²) in [5.41, 5.74) is 0.423. The van der Waals surface area contributed by atoms with Crippen LogP contribution < -0.4 is 20.7 Å². The third-order valence-electron chi connectivity index (χ3n) is 3.87. The Labute approximate surface area is 148 Å². The van der Waals surface area contributed by atoms with E-state index >= 15 is 0 Å². The van der Waals surface area contributed by atoms with Crippen molar-refractivity contribution < 1.29 is 14.6 Å². The van der Waals surface area contributed by atoms with Gasteiger partial charge < -0.3 is 14.6 Å². The first-order chi connectivity index (χ1) is 12.6. The number of hydrogen-bond acceptors (Lipinski definition) is 5. The highest BCUT2D eigenvalue weighted by atomic mass is 16.5. The molecule has 0 fully saturated rings. The Morgan fingerprint density at radius 3 is 2.42 bits per heavy atom. The van der Waals surface area contributed by atoms with Crippen LogP contribution in [-0.4, -0.2) is 22.2 Å². The Balaban J connectivity index is 1.85. The average molecular weight is 354 g/mol. The number of H-pyrrole nitrogens is 2. The number of methoxy groups -OCH3 is 1. The minimum atomic E-state index is -0.752. The van der Waals surface area contributed by atoms with Gasteiger partial charge in [-0.05, 0) is 23.3 Å². The lowest BCUT2D eigenvalue weighted by Crippen LogP contribution is -2.25. The van der Waals surface area contributed by atoms with Gasteiger partial charge in [0.15, 0.2) is 11.5 Å². The van der Waals surface area contributed by atoms with E-state index in [1.165, 1.54) is 0 Å². The molecule has 0 aliphatic carbocycles. The number of benzene rings is 2. The van der Waals surface area contributed by atoms with E-state index < -0.39 is 17.1 Å². The van der Waals surface area contributed by atoms with E-state index in [2.05, 4.69) is 9.97 Å². The van der Waals surface area contributed by atoms with Gasteiger partial charge in [0.05, 0.1) is 12.7 Å². The van der Waals surface area contributed by atoms with Crippen LogP contribution in [0.15, 0.2) is 58.1 Å². The fourth-order valence-corrected chi connectivity index (χ4v) is 2.55. The van der Waals surface area contributed by atoms with Gasteiger partial charge in [-0.2, -0.15) is 0 Å². The summed E-state index contributed by atoms with van der Waals surface area (Å²) < 4.78 is 11.2. The van der Waals surface area contributed by atoms with Gasteiger partial charge in [0, 0.05) is 6.42 Å². The molecule has 0 amide bonds. The van der Waals surface area contributed by atoms with Crippen molar-refractivity contribution in [1.82, 2.24) is 9.97 Å². The maximum Gasteiger partial charge on any atom is 0.328 e. The molecule has 0 saturated heterocycles. The van der Waals surface area contributed by atoms with Crippen LogP contribution in [0.3, 0.4) is 0 Å². The van der Waals surface area contributed by atoms with E-state index in [4.69, 9.17) is 9.47 Å². The number of aromatic amines is 2. The molecule has 7 heteroatoms. The van der Waals surface area contributed by atoms with E-state index in [1.807, 2.05) is 30.3 Å². The van der Waals surface area contributed by atoms with Gasteiger partial charge >= 0.3 is 5.69 Å². The molecule has 0 radical (unpaired) electrons. The van der Waals surface area contributed by atoms with Crippen molar-refractivity contribution in [3.8, 4) is 17.4 Å². The molecule has 1 heterocycles. The number of aromatic hydroxyl groups is 1. The first-order valence-electron chi connectivity index (χ1n) is 7.95. The molecule has 0 saturated carbocycles. The molecule has 0 aliphatic rings. The summed E-state index contributed by atoms with van der Waals surface area (Å²) in [6, 6.07) is 14.9. The van der Waals surface area contributed by atoms with Crippen molar-refractivity contribution in [3.63, 3.8) is 0 Å². The first-order valence-corrected chi connectivity index (χ1v) is 7.95. The monoisotopic (exact) mass is 354 g/mol. The lowest BCUT2D eigenvalue weighted by molar-refractivity contribution is 0.284. The second-order valence-corrected chi connectivity index (χ2v) is 5.67. The maximum absolute atomic E-state index is 11.9. The van der Waals surface area contributed by atoms with Crippen LogP contribution in [0.2, 0.25) is 0 Å². The Morgan fingerprint density at radius 2 is 1.73 bits per heavy atom. The number of nitrogens with one attached hydrogen (secondary N) is 2. The van der Waals surface area contributed by atoms with Gasteiger partial charge in [-0.1, -0.05) is 36.4 Å². The zero-order valence-electron chi connectivity index (χ0n) is 14.1. The number of rotatable bonds is 6. The molecular formula is C19H18N2O5. The standard InChI is InChI=1S/C19H18N2O5/c1-25-15-8-7-13(9-14-17(22)20-19(24)21-18(14)23)10-16(15)26-11-12-5-3-2-4-6-12/h2-8,10H,9,11H2,1H3,(H3,20,21,22,23,24). The summed E-state index contributed by atoms with van der Waals surface area (Å²) in [5, 5.41) is 9.82. The summed E-state index contributed by atoms with van der Waals surface area (Å²) in [4.78, 5) is 27.3. The van der Waals surface area contributed by atoms with Gasteiger partial charge in [-0.25, -0.2) is 4.79 Å². The Hall–Kier alpha value is -3.48. The number of ether oxygens (including phenoxy) is 2. The highest BCUT2D eigenvalue weighted by Crippen LogP contribution is 2.30. The van der Waals surface area contributed by atoms with Crippen LogP contribution in [0, 0.1) is 0 Å². The molecule has 7 nitrogen and oxygen atoms in total. The summed E-state index contributed by atoms with van der Waals surface area (Å²) in [6.07, 6.45) is 0.129. The van der Waals surface area contributed by atoms with E-state index in [1.54, 1.807) is 25.3 Å². The van der Waals surface area contributed by atoms with Gasteiger partial charge in [-0.3, -0.25) is 14.8 Å². The van der Waals surface area contributed by atoms with Crippen LogP contribution in [0.5, 0.6) is 17.4 Å². The van der Waals surface area contributed by atoms with Crippen LogP contribution in [0.4, 0.5) is 0 Å². The molecule has 1 aromatic heterocycles. The highest BCUT2D eigenvalue weighted by molar-refractivity contribution is 5.44. The van der Waals surface area contributed by atoms with Crippen molar-refractivity contribution in [3.05, 3.63) is 86.1 Å². The van der Waals surface area contributed by atoms with E-state index in [9.17, 15) is 14.7 Å². The van der Waals surface area contributed by atoms with Crippen LogP contribution in [0.25, 0.3) is 0 Å². The molecule has 3 N–H and O–H groups in total. The summed E-state index contributed by atoms with van der Waals surface area (Å²) in [7, 11) is 1.54. The predicted molar refractivity (Wildman–Crippen MR) is 95.9 cm³/mol. The Kier molecular flexibility index (Phi) is 5.07. The van der Waals surface area contributed by atoms with Gasteiger partial charge in [-0.15, -0.1) is 0 Å². The largest absolute Gasteiger partial charge is 0.494 e. The molecule has 3 aromatic rings. The predicted octanol–water partition coefficient (Wildman–Crippen LogP) is 1.95. The van der Waals surface area contributed by atoms with Gasteiger partial charge in [0.25, 0.3) is 5.56 Å². The lowest BCUT2D eigenvalue weighted by atomic mass is 10.1. The molecule has 0 bridgehead atoms. The molecular weight excluding hydrogens is 336 g/mol. The number of hydrogen-bond donors (Lipinski definition) is 3. The van der Waals surface area contributed by atoms with E-state index in [-0.39, 0.29) is 12.0 Å². The normalized spacial score (nSPS) is 10.5. The van der Waals surface area contributed by atoms with Crippen LogP contribution in [-0.2, 0) is 13.0 Å². The highest BCUT2D eigenvalue weighted by Gasteiger charge is 2.12. The Bertz CT molecular complexity index is 1010. The fraction of sp³-hybridized carbons (Fsp3) is 0.158. The summed E-state index contributed by atoms with van der Waals surface area (Å²) in [5.74, 6) is 0.639. The molecule has 26 heavy (non-hydrogen) atoms. The minimum absolute atomic E-state index is 0.0729. The van der Waals surface area contributed by atoms with Crippen molar-refractivity contribution >= 4 is 0 Å². The third kappa shape index (κ3) is 3.94. The molecule has 2 aromatic carbocycles. The smallest absolute Gasteiger partial charge is 0.328 e. The van der Waals surface area contributed by atoms with Crippen molar-refractivity contribution in [1.29, 1.82) is 0 Å². The molecule has 134 valence electrons. The van der Waals surface area contributed by atoms with Crippen molar-refractivity contribution in [2.45, 2.75) is 13.0 Å². The third-order valence-corrected chi connectivity index (χ3v) is 3.87. The minimum Gasteiger partial charge on any atom is -0.494 e. The summed E-state index contributed by atoms with van der Waals surface area (Å²) >= 11 is 0. The summed E-state index contributed by atoms with van der Waals surface area (Å²) in [6.45, 7) is 0.366. The zero-order valence-corrected chi connectivity index (χ0v) is 14.1. The zero-order chi connectivity index (χ0) is 18.5. The van der Waals surface area contributed by atoms with Crippen LogP contribution in [0.1, 0.15) is 16.7 Å². The maximum atomic E-state index is 11.9. The molecule has 0 atom stereocenters. The Morgan fingerprint density at radius 1 is 0.962 bits per heavy atom. The van der Waals surface area contributed by atoms with Crippen LogP contribution >= 0.6 is 0 Å². The van der Waals surface area contributed by atoms with Crippen molar-refractivity contribution in [2.75, 3.05) is 7.11 Å². The molecule has 3 rings (SSSR count). The molecule has 0 spiro atoms. The average Bonchev–Trinajstić information content (AvgIpc) is 2.64. The van der Waals surface area contributed by atoms with E-state index in [0.717, 1.165) is 11.1 Å². The molecule has 0 aliphatic heterocycles. The van der Waals surface area contributed by atoms with Gasteiger partial charge in [0.1, 0.15) is 6.61 Å². The van der Waals surface area contributed by atoms with Crippen molar-refractivity contribution in [2.24, 2.45) is 0 Å². The lowest BCUT2D eigenvalue weighted by Gasteiger charge is -2.12. The first kappa shape index (κ1) is 17.3. The molecule has 0 unspecified atom stereocenters. The SMILES string of the molecule is COc1ccc(Cc2c(O)[nH]c(=O)[nH]c2=O)cc1OCc1ccccc1. The fourth-order valence-electron chi connectivity index (χ4n) is 2.55. The quantitative estimate of drug-likeness (QED) is 0.628. The number of aromatic nitrogens is 2. The second kappa shape index (κ2) is 7.60. The van der Waals surface area contributed by atoms with Gasteiger partial charge in [0.2, 0.25) is 5.88 Å². The second-order valence-electron chi connectivity index (χ2n) is 5.67.